The molecule has 0 aromatic carbocycles. The second-order valence-corrected chi connectivity index (χ2v) is 6.61. The number of thiophene rings is 1. The average Bonchev–Trinajstić information content (AvgIpc) is 3.19. The van der Waals surface area contributed by atoms with Crippen molar-refractivity contribution in [2.75, 3.05) is 0 Å². The highest BCUT2D eigenvalue weighted by atomic mass is 32.1. The van der Waals surface area contributed by atoms with E-state index in [2.05, 4.69) is 22.4 Å². The third kappa shape index (κ3) is 3.91. The van der Waals surface area contributed by atoms with Crippen LogP contribution in [0.3, 0.4) is 0 Å². The molecule has 0 saturated heterocycles. The number of nitrogens with zero attached hydrogens (tertiary/aromatic N) is 1. The van der Waals surface area contributed by atoms with Gasteiger partial charge >= 0.3 is 0 Å². The third-order valence-corrected chi connectivity index (χ3v) is 4.93. The summed E-state index contributed by atoms with van der Waals surface area (Å²) in [7, 11) is 0. The van der Waals surface area contributed by atoms with Crippen LogP contribution in [-0.2, 0) is 11.3 Å². The maximum Gasteiger partial charge on any atom is 0.220 e. The van der Waals surface area contributed by atoms with Gasteiger partial charge in [-0.2, -0.15) is 0 Å². The van der Waals surface area contributed by atoms with Gasteiger partial charge in [0.15, 0.2) is 0 Å². The van der Waals surface area contributed by atoms with Gasteiger partial charge in [-0.3, -0.25) is 9.78 Å². The zero-order valence-corrected chi connectivity index (χ0v) is 12.9. The SMILES string of the molecule is O=C(CC1CCCC1)NCc1ccnc(-c2cccs2)c1. The number of aromatic nitrogens is 1. The molecule has 3 nitrogen and oxygen atoms in total. The molecule has 2 heterocycles. The largest absolute Gasteiger partial charge is 0.352 e. The van der Waals surface area contributed by atoms with Gasteiger partial charge < -0.3 is 5.32 Å². The number of rotatable bonds is 5. The smallest absolute Gasteiger partial charge is 0.220 e. The minimum Gasteiger partial charge on any atom is -0.352 e. The van der Waals surface area contributed by atoms with E-state index in [1.165, 1.54) is 25.7 Å². The standard InChI is InChI=1S/C17H20N2OS/c20-17(11-13-4-1-2-5-13)19-12-14-7-8-18-15(10-14)16-6-3-9-21-16/h3,6-10,13H,1-2,4-5,11-12H2,(H,19,20). The van der Waals surface area contributed by atoms with Crippen LogP contribution in [0.2, 0.25) is 0 Å². The molecule has 0 atom stereocenters. The average molecular weight is 300 g/mol. The van der Waals surface area contributed by atoms with E-state index >= 15 is 0 Å². The first-order valence-corrected chi connectivity index (χ1v) is 8.45. The van der Waals surface area contributed by atoms with E-state index in [1.807, 2.05) is 23.7 Å². The van der Waals surface area contributed by atoms with Crippen LogP contribution in [0.1, 0.15) is 37.7 Å². The summed E-state index contributed by atoms with van der Waals surface area (Å²) in [6, 6.07) is 8.11. The lowest BCUT2D eigenvalue weighted by Crippen LogP contribution is -2.24. The molecule has 4 heteroatoms. The lowest BCUT2D eigenvalue weighted by Gasteiger charge is -2.10. The van der Waals surface area contributed by atoms with Crippen LogP contribution in [0.4, 0.5) is 0 Å². The second kappa shape index (κ2) is 6.85. The fourth-order valence-corrected chi connectivity index (χ4v) is 3.59. The van der Waals surface area contributed by atoms with Gasteiger partial charge in [0.1, 0.15) is 0 Å². The predicted octanol–water partition coefficient (Wildman–Crippen LogP) is 4.01. The van der Waals surface area contributed by atoms with E-state index in [0.29, 0.717) is 18.9 Å². The molecular weight excluding hydrogens is 280 g/mol. The van der Waals surface area contributed by atoms with E-state index < -0.39 is 0 Å². The lowest BCUT2D eigenvalue weighted by molar-refractivity contribution is -0.122. The number of nitrogens with one attached hydrogen (secondary N) is 1. The molecule has 1 aliphatic carbocycles. The molecule has 1 fully saturated rings. The van der Waals surface area contributed by atoms with Crippen LogP contribution < -0.4 is 5.32 Å². The minimum atomic E-state index is 0.177. The van der Waals surface area contributed by atoms with E-state index in [-0.39, 0.29) is 5.91 Å². The van der Waals surface area contributed by atoms with Crippen molar-refractivity contribution in [1.82, 2.24) is 10.3 Å². The summed E-state index contributed by atoms with van der Waals surface area (Å²) < 4.78 is 0. The van der Waals surface area contributed by atoms with E-state index in [4.69, 9.17) is 0 Å². The Hall–Kier alpha value is -1.68. The Morgan fingerprint density at radius 3 is 2.95 bits per heavy atom. The summed E-state index contributed by atoms with van der Waals surface area (Å²) in [5.41, 5.74) is 2.08. The summed E-state index contributed by atoms with van der Waals surface area (Å²) in [5.74, 6) is 0.778. The molecule has 3 rings (SSSR count). The number of carbonyl (C=O) groups is 1. The Balaban J connectivity index is 1.55. The van der Waals surface area contributed by atoms with Crippen molar-refractivity contribution >= 4 is 17.2 Å². The highest BCUT2D eigenvalue weighted by Gasteiger charge is 2.18. The molecule has 2 aromatic rings. The van der Waals surface area contributed by atoms with Gasteiger partial charge in [0.25, 0.3) is 0 Å². The molecule has 0 spiro atoms. The quantitative estimate of drug-likeness (QED) is 0.906. The summed E-state index contributed by atoms with van der Waals surface area (Å²) in [4.78, 5) is 17.5. The van der Waals surface area contributed by atoms with Gasteiger partial charge in [-0.05, 0) is 47.9 Å². The van der Waals surface area contributed by atoms with Crippen molar-refractivity contribution < 1.29 is 4.79 Å². The summed E-state index contributed by atoms with van der Waals surface area (Å²) in [5, 5.41) is 5.08. The highest BCUT2D eigenvalue weighted by Crippen LogP contribution is 2.27. The van der Waals surface area contributed by atoms with Crippen molar-refractivity contribution in [2.24, 2.45) is 5.92 Å². The first-order valence-electron chi connectivity index (χ1n) is 7.57. The molecule has 1 amide bonds. The van der Waals surface area contributed by atoms with E-state index in [0.717, 1.165) is 16.1 Å². The molecule has 0 radical (unpaired) electrons. The molecule has 1 N–H and O–H groups in total. The lowest BCUT2D eigenvalue weighted by atomic mass is 10.0. The Kier molecular flexibility index (Phi) is 4.65. The second-order valence-electron chi connectivity index (χ2n) is 5.66. The summed E-state index contributed by atoms with van der Waals surface area (Å²) in [6.07, 6.45) is 7.49. The van der Waals surface area contributed by atoms with Crippen LogP contribution in [0.5, 0.6) is 0 Å². The Morgan fingerprint density at radius 1 is 1.33 bits per heavy atom. The molecular formula is C17H20N2OS. The van der Waals surface area contributed by atoms with Crippen LogP contribution in [0, 0.1) is 5.92 Å². The summed E-state index contributed by atoms with van der Waals surface area (Å²) >= 11 is 1.68. The van der Waals surface area contributed by atoms with Crippen molar-refractivity contribution in [1.29, 1.82) is 0 Å². The predicted molar refractivity (Wildman–Crippen MR) is 86.0 cm³/mol. The Labute approximate surface area is 129 Å². The molecule has 0 aliphatic heterocycles. The van der Waals surface area contributed by atoms with Gasteiger partial charge in [0.2, 0.25) is 5.91 Å². The number of pyridine rings is 1. The van der Waals surface area contributed by atoms with Gasteiger partial charge in [0.05, 0.1) is 10.6 Å². The van der Waals surface area contributed by atoms with Crippen molar-refractivity contribution in [2.45, 2.75) is 38.6 Å². The van der Waals surface area contributed by atoms with Gasteiger partial charge in [-0.15, -0.1) is 11.3 Å². The number of hydrogen-bond donors (Lipinski definition) is 1. The van der Waals surface area contributed by atoms with E-state index in [1.54, 1.807) is 11.3 Å². The minimum absolute atomic E-state index is 0.177. The fraction of sp³-hybridized carbons (Fsp3) is 0.412. The van der Waals surface area contributed by atoms with Gasteiger partial charge in [-0.25, -0.2) is 0 Å². The van der Waals surface area contributed by atoms with Gasteiger partial charge in [-0.1, -0.05) is 18.9 Å². The number of carbonyl (C=O) groups excluding carboxylic acids is 1. The Morgan fingerprint density at radius 2 is 2.19 bits per heavy atom. The molecule has 0 bridgehead atoms. The van der Waals surface area contributed by atoms with Gasteiger partial charge in [0, 0.05) is 19.2 Å². The molecule has 1 aliphatic rings. The molecule has 21 heavy (non-hydrogen) atoms. The Bertz CT molecular complexity index is 589. The maximum atomic E-state index is 12.0. The highest BCUT2D eigenvalue weighted by molar-refractivity contribution is 7.13. The number of hydrogen-bond acceptors (Lipinski definition) is 3. The molecule has 0 unspecified atom stereocenters. The van der Waals surface area contributed by atoms with Crippen LogP contribution >= 0.6 is 11.3 Å². The maximum absolute atomic E-state index is 12.0. The van der Waals surface area contributed by atoms with Crippen molar-refractivity contribution in [3.05, 3.63) is 41.4 Å². The number of amides is 1. The normalized spacial score (nSPS) is 15.2. The molecule has 2 aromatic heterocycles. The topological polar surface area (TPSA) is 42.0 Å². The van der Waals surface area contributed by atoms with Crippen molar-refractivity contribution in [3.63, 3.8) is 0 Å². The van der Waals surface area contributed by atoms with Crippen LogP contribution in [0.15, 0.2) is 35.8 Å². The third-order valence-electron chi connectivity index (χ3n) is 4.04. The van der Waals surface area contributed by atoms with Crippen molar-refractivity contribution in [3.8, 4) is 10.6 Å². The zero-order chi connectivity index (χ0) is 14.5. The monoisotopic (exact) mass is 300 g/mol. The summed E-state index contributed by atoms with van der Waals surface area (Å²) in [6.45, 7) is 0.590. The van der Waals surface area contributed by atoms with Crippen LogP contribution in [-0.4, -0.2) is 10.9 Å². The molecule has 1 saturated carbocycles. The fourth-order valence-electron chi connectivity index (χ4n) is 2.89. The first-order chi connectivity index (χ1) is 10.3. The van der Waals surface area contributed by atoms with E-state index in [9.17, 15) is 4.79 Å². The van der Waals surface area contributed by atoms with Crippen LogP contribution in [0.25, 0.3) is 10.6 Å². The zero-order valence-electron chi connectivity index (χ0n) is 12.0. The molecule has 110 valence electrons. The first kappa shape index (κ1) is 14.3.